The van der Waals surface area contributed by atoms with Crippen LogP contribution < -0.4 is 5.32 Å². The predicted molar refractivity (Wildman–Crippen MR) is 79.9 cm³/mol. The summed E-state index contributed by atoms with van der Waals surface area (Å²) in [5.74, 6) is 0. The highest BCUT2D eigenvalue weighted by Crippen LogP contribution is 2.38. The first-order valence-electron chi connectivity index (χ1n) is 7.12. The molecule has 3 rings (SSSR count). The first-order chi connectivity index (χ1) is 9.52. The summed E-state index contributed by atoms with van der Waals surface area (Å²) in [6.07, 6.45) is 5.13. The van der Waals surface area contributed by atoms with E-state index in [4.69, 9.17) is 0 Å². The minimum atomic E-state index is -0.897. The first-order valence-corrected chi connectivity index (χ1v) is 7.12. The number of carbonyl (C=O) groups is 1. The molecule has 4 heteroatoms. The lowest BCUT2D eigenvalue weighted by molar-refractivity contribution is -0.105. The van der Waals surface area contributed by atoms with Gasteiger partial charge in [-0.15, -0.1) is 0 Å². The molecule has 0 saturated heterocycles. The molecule has 0 spiro atoms. The summed E-state index contributed by atoms with van der Waals surface area (Å²) >= 11 is 0. The molecule has 0 aliphatic heterocycles. The molecule has 3 N–H and O–H groups in total. The third-order valence-corrected chi connectivity index (χ3v) is 4.12. The molecule has 0 fully saturated rings. The van der Waals surface area contributed by atoms with Gasteiger partial charge in [-0.05, 0) is 56.7 Å². The normalized spacial score (nSPS) is 15.2. The van der Waals surface area contributed by atoms with Crippen LogP contribution in [0.4, 0.5) is 5.69 Å². The van der Waals surface area contributed by atoms with Crippen molar-refractivity contribution in [1.82, 2.24) is 4.98 Å². The van der Waals surface area contributed by atoms with Crippen molar-refractivity contribution in [3.05, 3.63) is 29.0 Å². The number of carbonyl (C=O) groups excluding carboxylic acids is 1. The van der Waals surface area contributed by atoms with Gasteiger partial charge in [-0.25, -0.2) is 0 Å². The monoisotopic (exact) mass is 272 g/mol. The second kappa shape index (κ2) is 4.63. The van der Waals surface area contributed by atoms with Gasteiger partial charge < -0.3 is 15.4 Å². The van der Waals surface area contributed by atoms with Crippen molar-refractivity contribution in [3.63, 3.8) is 0 Å². The topological polar surface area (TPSA) is 65.1 Å². The molecule has 106 valence electrons. The van der Waals surface area contributed by atoms with Gasteiger partial charge in [0.25, 0.3) is 0 Å². The van der Waals surface area contributed by atoms with Crippen LogP contribution >= 0.6 is 0 Å². The van der Waals surface area contributed by atoms with Crippen LogP contribution in [-0.2, 0) is 23.2 Å². The summed E-state index contributed by atoms with van der Waals surface area (Å²) in [5, 5.41) is 14.3. The predicted octanol–water partition coefficient (Wildman–Crippen LogP) is 2.84. The summed E-state index contributed by atoms with van der Waals surface area (Å²) in [6.45, 7) is 3.60. The SMILES string of the molecule is CC(C)(O)c1ccc(NC=O)c2[nH]c3c(c12)CCCC3. The van der Waals surface area contributed by atoms with Crippen molar-refractivity contribution >= 4 is 23.0 Å². The highest BCUT2D eigenvalue weighted by Gasteiger charge is 2.25. The molecule has 0 atom stereocenters. The third-order valence-electron chi connectivity index (χ3n) is 4.12. The zero-order valence-corrected chi connectivity index (χ0v) is 11.9. The lowest BCUT2D eigenvalue weighted by atomic mass is 9.88. The van der Waals surface area contributed by atoms with Gasteiger partial charge in [0.15, 0.2) is 0 Å². The fourth-order valence-electron chi connectivity index (χ4n) is 3.21. The van der Waals surface area contributed by atoms with E-state index in [0.29, 0.717) is 6.41 Å². The molecule has 4 nitrogen and oxygen atoms in total. The number of hydrogen-bond donors (Lipinski definition) is 3. The minimum absolute atomic E-state index is 0.693. The molecule has 1 aliphatic carbocycles. The average molecular weight is 272 g/mol. The van der Waals surface area contributed by atoms with E-state index in [1.54, 1.807) is 13.8 Å². The van der Waals surface area contributed by atoms with Crippen LogP contribution in [0.1, 0.15) is 43.5 Å². The Labute approximate surface area is 118 Å². The molecule has 0 unspecified atom stereocenters. The van der Waals surface area contributed by atoms with Crippen LogP contribution in [0, 0.1) is 0 Å². The molecule has 1 aromatic heterocycles. The molecule has 1 amide bonds. The van der Waals surface area contributed by atoms with E-state index in [1.807, 2.05) is 12.1 Å². The van der Waals surface area contributed by atoms with Gasteiger partial charge in [-0.1, -0.05) is 6.07 Å². The van der Waals surface area contributed by atoms with E-state index < -0.39 is 5.60 Å². The zero-order chi connectivity index (χ0) is 14.3. The van der Waals surface area contributed by atoms with Crippen molar-refractivity contribution < 1.29 is 9.90 Å². The number of rotatable bonds is 3. The number of aromatic nitrogens is 1. The van der Waals surface area contributed by atoms with Crippen LogP contribution in [0.3, 0.4) is 0 Å². The number of amides is 1. The van der Waals surface area contributed by atoms with E-state index >= 15 is 0 Å². The Morgan fingerprint density at radius 1 is 1.30 bits per heavy atom. The zero-order valence-electron chi connectivity index (χ0n) is 11.9. The number of benzene rings is 1. The number of H-pyrrole nitrogens is 1. The molecular formula is C16H20N2O2. The Morgan fingerprint density at radius 3 is 2.75 bits per heavy atom. The molecule has 1 heterocycles. The van der Waals surface area contributed by atoms with E-state index in [1.165, 1.54) is 24.1 Å². The number of aliphatic hydroxyl groups is 1. The van der Waals surface area contributed by atoms with E-state index in [0.717, 1.165) is 35.0 Å². The van der Waals surface area contributed by atoms with Crippen LogP contribution in [0.2, 0.25) is 0 Å². The highest BCUT2D eigenvalue weighted by molar-refractivity contribution is 6.00. The first kappa shape index (κ1) is 13.2. The van der Waals surface area contributed by atoms with Gasteiger partial charge in [0.1, 0.15) is 0 Å². The molecular weight excluding hydrogens is 252 g/mol. The van der Waals surface area contributed by atoms with Crippen molar-refractivity contribution in [2.45, 2.75) is 45.1 Å². The van der Waals surface area contributed by atoms with Gasteiger partial charge in [0.2, 0.25) is 6.41 Å². The molecule has 0 saturated carbocycles. The van der Waals surface area contributed by atoms with Gasteiger partial charge in [0, 0.05) is 11.1 Å². The van der Waals surface area contributed by atoms with Gasteiger partial charge in [-0.3, -0.25) is 4.79 Å². The van der Waals surface area contributed by atoms with Gasteiger partial charge in [0.05, 0.1) is 16.8 Å². The van der Waals surface area contributed by atoms with Crippen LogP contribution in [0.15, 0.2) is 12.1 Å². The van der Waals surface area contributed by atoms with Gasteiger partial charge >= 0.3 is 0 Å². The maximum atomic E-state index is 10.8. The van der Waals surface area contributed by atoms with E-state index in [2.05, 4.69) is 10.3 Å². The third kappa shape index (κ3) is 2.00. The number of aryl methyl sites for hydroxylation is 2. The molecule has 0 radical (unpaired) electrons. The van der Waals surface area contributed by atoms with Crippen molar-refractivity contribution in [2.24, 2.45) is 0 Å². The molecule has 20 heavy (non-hydrogen) atoms. The Morgan fingerprint density at radius 2 is 2.05 bits per heavy atom. The highest BCUT2D eigenvalue weighted by atomic mass is 16.3. The number of hydrogen-bond acceptors (Lipinski definition) is 2. The summed E-state index contributed by atoms with van der Waals surface area (Å²) in [4.78, 5) is 14.2. The minimum Gasteiger partial charge on any atom is -0.386 e. The smallest absolute Gasteiger partial charge is 0.211 e. The molecule has 1 aliphatic rings. The van der Waals surface area contributed by atoms with E-state index in [9.17, 15) is 9.90 Å². The van der Waals surface area contributed by atoms with Gasteiger partial charge in [-0.2, -0.15) is 0 Å². The Kier molecular flexibility index (Phi) is 3.05. The van der Waals surface area contributed by atoms with Crippen molar-refractivity contribution in [1.29, 1.82) is 0 Å². The van der Waals surface area contributed by atoms with Crippen LogP contribution in [0.25, 0.3) is 10.9 Å². The average Bonchev–Trinajstić information content (AvgIpc) is 2.78. The van der Waals surface area contributed by atoms with Crippen molar-refractivity contribution in [2.75, 3.05) is 5.32 Å². The van der Waals surface area contributed by atoms with Crippen LogP contribution in [0.5, 0.6) is 0 Å². The fraction of sp³-hybridized carbons (Fsp3) is 0.438. The Balaban J connectivity index is 2.34. The lowest BCUT2D eigenvalue weighted by Crippen LogP contribution is -2.16. The molecule has 2 aromatic rings. The number of aromatic amines is 1. The van der Waals surface area contributed by atoms with Crippen LogP contribution in [-0.4, -0.2) is 16.5 Å². The Bertz CT molecular complexity index is 665. The Hall–Kier alpha value is -1.81. The lowest BCUT2D eigenvalue weighted by Gasteiger charge is -2.21. The summed E-state index contributed by atoms with van der Waals surface area (Å²) < 4.78 is 0. The number of nitrogens with one attached hydrogen (secondary N) is 2. The van der Waals surface area contributed by atoms with Crippen molar-refractivity contribution in [3.8, 4) is 0 Å². The summed E-state index contributed by atoms with van der Waals surface area (Å²) in [6, 6.07) is 3.77. The number of anilines is 1. The number of fused-ring (bicyclic) bond motifs is 3. The maximum Gasteiger partial charge on any atom is 0.211 e. The second-order valence-corrected chi connectivity index (χ2v) is 6.02. The second-order valence-electron chi connectivity index (χ2n) is 6.02. The molecule has 0 bridgehead atoms. The standard InChI is InChI=1S/C16H20N2O2/c1-16(2,20)11-7-8-13(17-9-19)15-14(11)10-5-3-4-6-12(10)18-15/h7-9,18,20H,3-6H2,1-2H3,(H,17,19). The largest absolute Gasteiger partial charge is 0.386 e. The summed E-state index contributed by atoms with van der Waals surface area (Å²) in [7, 11) is 0. The summed E-state index contributed by atoms with van der Waals surface area (Å²) in [5.41, 5.74) is 4.28. The fourth-order valence-corrected chi connectivity index (χ4v) is 3.21. The maximum absolute atomic E-state index is 10.8. The van der Waals surface area contributed by atoms with E-state index in [-0.39, 0.29) is 0 Å². The molecule has 1 aromatic carbocycles. The quantitative estimate of drug-likeness (QED) is 0.752.